The number of amides is 1. The van der Waals surface area contributed by atoms with Crippen LogP contribution in [0.4, 0.5) is 0 Å². The number of sulfone groups is 1. The molecule has 8 nitrogen and oxygen atoms in total. The number of fused-ring (bicyclic) bond motifs is 1. The van der Waals surface area contributed by atoms with Gasteiger partial charge in [0.15, 0.2) is 10.7 Å². The van der Waals surface area contributed by atoms with Crippen molar-refractivity contribution < 1.29 is 18.3 Å². The number of aromatic nitrogens is 3. The Hall–Kier alpha value is -3.08. The molecule has 2 N–H and O–H groups in total. The summed E-state index contributed by atoms with van der Waals surface area (Å²) in [4.78, 5) is 26.2. The van der Waals surface area contributed by atoms with Crippen LogP contribution in [0.5, 0.6) is 0 Å². The van der Waals surface area contributed by atoms with E-state index in [0.717, 1.165) is 16.7 Å². The Morgan fingerprint density at radius 1 is 1.18 bits per heavy atom. The molecule has 2 aromatic heterocycles. The van der Waals surface area contributed by atoms with Crippen LogP contribution in [-0.2, 0) is 9.84 Å². The van der Waals surface area contributed by atoms with Gasteiger partial charge in [0.2, 0.25) is 9.84 Å². The first-order valence-corrected chi connectivity index (χ1v) is 12.9. The first kappa shape index (κ1) is 22.7. The lowest BCUT2D eigenvalue weighted by Crippen LogP contribution is -2.53. The van der Waals surface area contributed by atoms with E-state index in [0.29, 0.717) is 39.9 Å². The van der Waals surface area contributed by atoms with Crippen LogP contribution in [0.2, 0.25) is 0 Å². The van der Waals surface area contributed by atoms with Crippen molar-refractivity contribution >= 4 is 42.8 Å². The summed E-state index contributed by atoms with van der Waals surface area (Å²) in [6.07, 6.45) is 2.52. The fourth-order valence-electron chi connectivity index (χ4n) is 4.02. The smallest absolute Gasteiger partial charge is 0.254 e. The van der Waals surface area contributed by atoms with Crippen LogP contribution in [0.25, 0.3) is 22.3 Å². The Labute approximate surface area is 204 Å². The summed E-state index contributed by atoms with van der Waals surface area (Å²) >= 11 is 3.33. The van der Waals surface area contributed by atoms with Crippen molar-refractivity contribution in [1.82, 2.24) is 19.9 Å². The number of H-pyrrole nitrogens is 1. The number of carbonyl (C=O) groups excluding carboxylic acids is 1. The largest absolute Gasteiger partial charge is 0.389 e. The zero-order valence-electron chi connectivity index (χ0n) is 18.4. The first-order valence-electron chi connectivity index (χ1n) is 10.6. The van der Waals surface area contributed by atoms with Gasteiger partial charge in [-0.1, -0.05) is 18.2 Å². The van der Waals surface area contributed by atoms with Gasteiger partial charge in [0.1, 0.15) is 5.52 Å². The van der Waals surface area contributed by atoms with E-state index >= 15 is 0 Å². The molecule has 0 spiro atoms. The Balaban J connectivity index is 1.55. The third-order valence-corrected chi connectivity index (χ3v) is 8.55. The van der Waals surface area contributed by atoms with Crippen molar-refractivity contribution in [2.75, 3.05) is 13.1 Å². The van der Waals surface area contributed by atoms with E-state index < -0.39 is 15.9 Å². The third-order valence-electron chi connectivity index (χ3n) is 5.93. The zero-order chi connectivity index (χ0) is 24.2. The van der Waals surface area contributed by atoms with Crippen LogP contribution >= 0.6 is 15.9 Å². The number of aliphatic hydroxyl groups excluding tert-OH is 1. The zero-order valence-corrected chi connectivity index (χ0v) is 20.8. The molecule has 1 fully saturated rings. The number of β-amino-alcohol motifs (C(OH)–C–C–N with tert-alkyl or cyclic N) is 1. The van der Waals surface area contributed by atoms with Crippen LogP contribution in [-0.4, -0.2) is 58.5 Å². The first-order chi connectivity index (χ1) is 16.1. The van der Waals surface area contributed by atoms with Crippen molar-refractivity contribution in [3.05, 3.63) is 70.0 Å². The second kappa shape index (κ2) is 8.30. The average molecular weight is 541 g/mol. The second-order valence-electron chi connectivity index (χ2n) is 8.44. The number of hydrogen-bond donors (Lipinski definition) is 2. The molecular weight excluding hydrogens is 520 g/mol. The lowest BCUT2D eigenvalue weighted by Gasteiger charge is -2.36. The fraction of sp³-hybridized carbons (Fsp3) is 0.208. The SMILES string of the molecule is Cc1ccc(Br)c(S(=O)(=O)c2cnc3[nH]cc(-c4ccc(C(=O)N5CC(O)C5)c(C)c4)c3n2)c1. The van der Waals surface area contributed by atoms with E-state index in [1.54, 1.807) is 35.4 Å². The highest BCUT2D eigenvalue weighted by Crippen LogP contribution is 2.32. The molecule has 0 bridgehead atoms. The van der Waals surface area contributed by atoms with Gasteiger partial charge in [0, 0.05) is 34.9 Å². The molecule has 174 valence electrons. The van der Waals surface area contributed by atoms with Crippen molar-refractivity contribution in [3.8, 4) is 11.1 Å². The maximum atomic E-state index is 13.3. The molecule has 0 radical (unpaired) electrons. The molecule has 1 aliphatic heterocycles. The highest BCUT2D eigenvalue weighted by atomic mass is 79.9. The average Bonchev–Trinajstić information content (AvgIpc) is 3.21. The van der Waals surface area contributed by atoms with E-state index in [-0.39, 0.29) is 15.8 Å². The highest BCUT2D eigenvalue weighted by molar-refractivity contribution is 9.10. The molecule has 10 heteroatoms. The topological polar surface area (TPSA) is 116 Å². The molecule has 5 rings (SSSR count). The fourth-order valence-corrected chi connectivity index (χ4v) is 6.20. The van der Waals surface area contributed by atoms with Crippen LogP contribution in [0.15, 0.2) is 63.2 Å². The van der Waals surface area contributed by atoms with Crippen molar-refractivity contribution in [2.45, 2.75) is 29.9 Å². The molecule has 1 saturated heterocycles. The molecule has 34 heavy (non-hydrogen) atoms. The summed E-state index contributed by atoms with van der Waals surface area (Å²) in [6.45, 7) is 4.35. The molecule has 1 aliphatic rings. The molecule has 0 saturated carbocycles. The quantitative estimate of drug-likeness (QED) is 0.408. The summed E-state index contributed by atoms with van der Waals surface area (Å²) in [5.74, 6) is -0.120. The van der Waals surface area contributed by atoms with Gasteiger partial charge in [-0.25, -0.2) is 18.4 Å². The van der Waals surface area contributed by atoms with Crippen LogP contribution in [0.1, 0.15) is 21.5 Å². The summed E-state index contributed by atoms with van der Waals surface area (Å²) < 4.78 is 27.1. The minimum atomic E-state index is -3.90. The normalized spacial score (nSPS) is 14.4. The van der Waals surface area contributed by atoms with Crippen LogP contribution < -0.4 is 0 Å². The van der Waals surface area contributed by atoms with Gasteiger partial charge < -0.3 is 15.0 Å². The van der Waals surface area contributed by atoms with Crippen molar-refractivity contribution in [2.24, 2.45) is 0 Å². The summed E-state index contributed by atoms with van der Waals surface area (Å²) in [5, 5.41) is 9.33. The van der Waals surface area contributed by atoms with Crippen molar-refractivity contribution in [1.29, 1.82) is 0 Å². The summed E-state index contributed by atoms with van der Waals surface area (Å²) in [6, 6.07) is 10.5. The number of halogens is 1. The Morgan fingerprint density at radius 3 is 2.65 bits per heavy atom. The maximum Gasteiger partial charge on any atom is 0.254 e. The van der Waals surface area contributed by atoms with Gasteiger partial charge in [0.05, 0.1) is 17.2 Å². The number of nitrogens with zero attached hydrogens (tertiary/aromatic N) is 3. The van der Waals surface area contributed by atoms with Gasteiger partial charge in [-0.05, 0) is 64.7 Å². The minimum absolute atomic E-state index is 0.120. The Kier molecular flexibility index (Phi) is 5.54. The number of hydrogen-bond acceptors (Lipinski definition) is 6. The van der Waals surface area contributed by atoms with Gasteiger partial charge in [-0.3, -0.25) is 4.79 Å². The monoisotopic (exact) mass is 540 g/mol. The van der Waals surface area contributed by atoms with Crippen LogP contribution in [0.3, 0.4) is 0 Å². The standard InChI is InChI=1S/C24H21BrN4O4S/c1-13-3-6-19(25)20(7-13)34(32,33)21-10-27-23-22(28-21)18(9-26-23)15-4-5-17(14(2)8-15)24(31)29-11-16(30)12-29/h3-10,16,30H,11-12H2,1-2H3,(H,26,27). The minimum Gasteiger partial charge on any atom is -0.389 e. The van der Waals surface area contributed by atoms with E-state index in [1.165, 1.54) is 6.20 Å². The van der Waals surface area contributed by atoms with Crippen LogP contribution in [0, 0.1) is 13.8 Å². The molecule has 2 aromatic carbocycles. The second-order valence-corrected chi connectivity index (χ2v) is 11.2. The van der Waals surface area contributed by atoms with Gasteiger partial charge in [-0.2, -0.15) is 0 Å². The number of aliphatic hydroxyl groups is 1. The number of carbonyl (C=O) groups is 1. The number of rotatable bonds is 4. The number of aromatic amines is 1. The van der Waals surface area contributed by atoms with Gasteiger partial charge >= 0.3 is 0 Å². The molecule has 1 amide bonds. The molecule has 4 aromatic rings. The number of likely N-dealkylation sites (tertiary alicyclic amines) is 1. The van der Waals surface area contributed by atoms with E-state index in [9.17, 15) is 18.3 Å². The lowest BCUT2D eigenvalue weighted by molar-refractivity contribution is 0.00584. The Bertz CT molecular complexity index is 1560. The third kappa shape index (κ3) is 3.81. The molecule has 0 aliphatic carbocycles. The van der Waals surface area contributed by atoms with E-state index in [1.807, 2.05) is 26.0 Å². The number of aryl methyl sites for hydroxylation is 2. The number of benzene rings is 2. The van der Waals surface area contributed by atoms with Crippen molar-refractivity contribution in [3.63, 3.8) is 0 Å². The van der Waals surface area contributed by atoms with E-state index in [4.69, 9.17) is 0 Å². The van der Waals surface area contributed by atoms with Gasteiger partial charge in [-0.15, -0.1) is 0 Å². The predicted molar refractivity (Wildman–Crippen MR) is 130 cm³/mol. The number of nitrogens with one attached hydrogen (secondary N) is 1. The molecule has 0 atom stereocenters. The Morgan fingerprint density at radius 2 is 1.94 bits per heavy atom. The lowest BCUT2D eigenvalue weighted by atomic mass is 9.99. The highest BCUT2D eigenvalue weighted by Gasteiger charge is 2.30. The molecular formula is C24H21BrN4O4S. The predicted octanol–water partition coefficient (Wildman–Crippen LogP) is 3.65. The van der Waals surface area contributed by atoms with Gasteiger partial charge in [0.25, 0.3) is 5.91 Å². The summed E-state index contributed by atoms with van der Waals surface area (Å²) in [5.41, 5.74) is 4.51. The van der Waals surface area contributed by atoms with E-state index in [2.05, 4.69) is 30.9 Å². The molecule has 3 heterocycles. The molecule has 0 unspecified atom stereocenters. The maximum absolute atomic E-state index is 13.3. The summed E-state index contributed by atoms with van der Waals surface area (Å²) in [7, 11) is -3.90.